The summed E-state index contributed by atoms with van der Waals surface area (Å²) in [6, 6.07) is 0. The van der Waals surface area contributed by atoms with E-state index in [0.717, 1.165) is 25.7 Å². The van der Waals surface area contributed by atoms with Crippen molar-refractivity contribution in [2.75, 3.05) is 20.3 Å². The number of nitrogens with one attached hydrogen (secondary N) is 1. The molecule has 0 aromatic heterocycles. The van der Waals surface area contributed by atoms with Gasteiger partial charge in [0.2, 0.25) is 5.91 Å². The molecule has 1 atom stereocenters. The molecule has 1 fully saturated rings. The molecule has 4 nitrogen and oxygen atoms in total. The molecule has 1 amide bonds. The average Bonchev–Trinajstić information content (AvgIpc) is 2.67. The Morgan fingerprint density at radius 1 is 1.50 bits per heavy atom. The van der Waals surface area contributed by atoms with E-state index in [1.165, 1.54) is 0 Å². The number of carbonyl (C=O) groups excluding carboxylic acids is 1. The lowest BCUT2D eigenvalue weighted by atomic mass is 9.88. The summed E-state index contributed by atoms with van der Waals surface area (Å²) in [5.41, 5.74) is -0.174. The van der Waals surface area contributed by atoms with Gasteiger partial charge in [0.1, 0.15) is 0 Å². The molecule has 0 saturated heterocycles. The van der Waals surface area contributed by atoms with Crippen LogP contribution < -0.4 is 5.32 Å². The molecular weight excluding hydrogens is 206 g/mol. The zero-order valence-electron chi connectivity index (χ0n) is 10.3. The summed E-state index contributed by atoms with van der Waals surface area (Å²) in [7, 11) is 1.56. The molecule has 1 saturated carbocycles. The zero-order chi connectivity index (χ0) is 12.0. The van der Waals surface area contributed by atoms with Gasteiger partial charge in [-0.25, -0.2) is 0 Å². The first-order chi connectivity index (χ1) is 7.58. The highest BCUT2D eigenvalue weighted by Crippen LogP contribution is 2.37. The zero-order valence-corrected chi connectivity index (χ0v) is 10.3. The van der Waals surface area contributed by atoms with Crippen LogP contribution in [0.3, 0.4) is 0 Å². The highest BCUT2D eigenvalue weighted by Gasteiger charge is 2.35. The number of aliphatic hydroxyl groups is 1. The van der Waals surface area contributed by atoms with E-state index in [1.54, 1.807) is 7.11 Å². The third-order valence-electron chi connectivity index (χ3n) is 3.38. The molecule has 0 aromatic rings. The van der Waals surface area contributed by atoms with Crippen molar-refractivity contribution in [2.45, 2.75) is 45.1 Å². The van der Waals surface area contributed by atoms with Crippen LogP contribution in [-0.2, 0) is 9.53 Å². The van der Waals surface area contributed by atoms with E-state index in [9.17, 15) is 9.90 Å². The molecule has 94 valence electrons. The molecule has 1 aliphatic rings. The van der Waals surface area contributed by atoms with Crippen molar-refractivity contribution in [3.05, 3.63) is 0 Å². The van der Waals surface area contributed by atoms with Crippen molar-refractivity contribution in [2.24, 2.45) is 5.41 Å². The largest absolute Gasteiger partial charge is 0.391 e. The van der Waals surface area contributed by atoms with Gasteiger partial charge in [-0.3, -0.25) is 4.79 Å². The first-order valence-electron chi connectivity index (χ1n) is 6.04. The van der Waals surface area contributed by atoms with Crippen LogP contribution in [0.1, 0.15) is 39.0 Å². The number of methoxy groups -OCH3 is 1. The van der Waals surface area contributed by atoms with Gasteiger partial charge in [-0.15, -0.1) is 0 Å². The minimum atomic E-state index is -0.485. The van der Waals surface area contributed by atoms with Gasteiger partial charge < -0.3 is 15.2 Å². The van der Waals surface area contributed by atoms with Gasteiger partial charge in [-0.05, 0) is 19.3 Å². The van der Waals surface area contributed by atoms with Crippen LogP contribution in [0.15, 0.2) is 0 Å². The lowest BCUT2D eigenvalue weighted by molar-refractivity contribution is -0.130. The molecule has 1 unspecified atom stereocenters. The Morgan fingerprint density at radius 2 is 2.12 bits per heavy atom. The second-order valence-electron chi connectivity index (χ2n) is 4.92. The van der Waals surface area contributed by atoms with Crippen LogP contribution in [0.25, 0.3) is 0 Å². The number of aliphatic hydroxyl groups excluding tert-OH is 1. The van der Waals surface area contributed by atoms with Gasteiger partial charge in [0.25, 0.3) is 0 Å². The number of rotatable bonds is 6. The van der Waals surface area contributed by atoms with E-state index in [-0.39, 0.29) is 11.3 Å². The van der Waals surface area contributed by atoms with Crippen molar-refractivity contribution in [3.63, 3.8) is 0 Å². The summed E-state index contributed by atoms with van der Waals surface area (Å²) in [6.45, 7) is 2.88. The lowest BCUT2D eigenvalue weighted by Gasteiger charge is -2.22. The van der Waals surface area contributed by atoms with Crippen molar-refractivity contribution >= 4 is 5.91 Å². The van der Waals surface area contributed by atoms with Crippen LogP contribution in [0.2, 0.25) is 0 Å². The highest BCUT2D eigenvalue weighted by molar-refractivity contribution is 5.82. The van der Waals surface area contributed by atoms with E-state index in [4.69, 9.17) is 4.74 Å². The molecular formula is C12H23NO3. The van der Waals surface area contributed by atoms with E-state index in [2.05, 4.69) is 5.32 Å². The SMILES string of the molecule is COCC(O)CCNC(=O)C1(C)CCCC1. The second kappa shape index (κ2) is 6.21. The Morgan fingerprint density at radius 3 is 2.69 bits per heavy atom. The van der Waals surface area contributed by atoms with E-state index in [1.807, 2.05) is 6.92 Å². The number of amides is 1. The van der Waals surface area contributed by atoms with Crippen LogP contribution in [0.4, 0.5) is 0 Å². The molecule has 0 heterocycles. The minimum Gasteiger partial charge on any atom is -0.391 e. The third kappa shape index (κ3) is 3.76. The van der Waals surface area contributed by atoms with Gasteiger partial charge in [0.05, 0.1) is 12.7 Å². The Kier molecular flexibility index (Phi) is 5.22. The molecule has 0 aromatic carbocycles. The predicted molar refractivity (Wildman–Crippen MR) is 62.1 cm³/mol. The lowest BCUT2D eigenvalue weighted by Crippen LogP contribution is -2.38. The number of ether oxygens (including phenoxy) is 1. The predicted octanol–water partition coefficient (Wildman–Crippen LogP) is 1.08. The number of hydrogen-bond donors (Lipinski definition) is 2. The standard InChI is InChI=1S/C12H23NO3/c1-12(6-3-4-7-12)11(15)13-8-5-10(14)9-16-2/h10,14H,3-9H2,1-2H3,(H,13,15). The normalized spacial score (nSPS) is 20.7. The fourth-order valence-corrected chi connectivity index (χ4v) is 2.22. The molecule has 2 N–H and O–H groups in total. The smallest absolute Gasteiger partial charge is 0.225 e. The third-order valence-corrected chi connectivity index (χ3v) is 3.38. The van der Waals surface area contributed by atoms with E-state index in [0.29, 0.717) is 19.6 Å². The number of hydrogen-bond acceptors (Lipinski definition) is 3. The summed E-state index contributed by atoms with van der Waals surface area (Å²) in [6.07, 6.45) is 4.34. The first kappa shape index (κ1) is 13.5. The van der Waals surface area contributed by atoms with E-state index < -0.39 is 6.10 Å². The summed E-state index contributed by atoms with van der Waals surface area (Å²) in [5.74, 6) is 0.134. The average molecular weight is 229 g/mol. The summed E-state index contributed by atoms with van der Waals surface area (Å²) < 4.78 is 4.82. The van der Waals surface area contributed by atoms with Gasteiger partial charge >= 0.3 is 0 Å². The molecule has 0 aliphatic heterocycles. The maximum absolute atomic E-state index is 11.9. The van der Waals surface area contributed by atoms with Gasteiger partial charge in [-0.1, -0.05) is 19.8 Å². The Hall–Kier alpha value is -0.610. The van der Waals surface area contributed by atoms with Crippen molar-refractivity contribution in [1.29, 1.82) is 0 Å². The molecule has 0 radical (unpaired) electrons. The van der Waals surface area contributed by atoms with Crippen LogP contribution >= 0.6 is 0 Å². The van der Waals surface area contributed by atoms with Crippen LogP contribution in [0.5, 0.6) is 0 Å². The fraction of sp³-hybridized carbons (Fsp3) is 0.917. The summed E-state index contributed by atoms with van der Waals surface area (Å²) in [4.78, 5) is 11.9. The fourth-order valence-electron chi connectivity index (χ4n) is 2.22. The molecule has 1 rings (SSSR count). The topological polar surface area (TPSA) is 58.6 Å². The Bertz CT molecular complexity index is 224. The van der Waals surface area contributed by atoms with Crippen molar-refractivity contribution in [3.8, 4) is 0 Å². The van der Waals surface area contributed by atoms with Crippen molar-refractivity contribution < 1.29 is 14.6 Å². The van der Waals surface area contributed by atoms with Gasteiger partial charge in [-0.2, -0.15) is 0 Å². The molecule has 0 bridgehead atoms. The molecule has 16 heavy (non-hydrogen) atoms. The molecule has 0 spiro atoms. The van der Waals surface area contributed by atoms with Crippen LogP contribution in [0, 0.1) is 5.41 Å². The summed E-state index contributed by atoms with van der Waals surface area (Å²) >= 11 is 0. The van der Waals surface area contributed by atoms with Gasteiger partial charge in [0.15, 0.2) is 0 Å². The highest BCUT2D eigenvalue weighted by atomic mass is 16.5. The van der Waals surface area contributed by atoms with Gasteiger partial charge in [0, 0.05) is 19.1 Å². The minimum absolute atomic E-state index is 0.134. The maximum atomic E-state index is 11.9. The second-order valence-corrected chi connectivity index (χ2v) is 4.92. The summed E-state index contributed by atoms with van der Waals surface area (Å²) in [5, 5.41) is 12.3. The monoisotopic (exact) mass is 229 g/mol. The maximum Gasteiger partial charge on any atom is 0.225 e. The van der Waals surface area contributed by atoms with Crippen molar-refractivity contribution in [1.82, 2.24) is 5.32 Å². The Balaban J connectivity index is 2.19. The number of carbonyl (C=O) groups is 1. The molecule has 4 heteroatoms. The van der Waals surface area contributed by atoms with Crippen LogP contribution in [-0.4, -0.2) is 37.4 Å². The first-order valence-corrected chi connectivity index (χ1v) is 6.04. The quantitative estimate of drug-likeness (QED) is 0.716. The Labute approximate surface area is 97.4 Å². The molecule has 1 aliphatic carbocycles. The van der Waals surface area contributed by atoms with E-state index >= 15 is 0 Å².